The van der Waals surface area contributed by atoms with Crippen LogP contribution in [-0.4, -0.2) is 36.4 Å². The fourth-order valence-corrected chi connectivity index (χ4v) is 3.35. The minimum atomic E-state index is -0.970. The Hall–Kier alpha value is -2.54. The Morgan fingerprint density at radius 2 is 1.89 bits per heavy atom. The number of amides is 1. The summed E-state index contributed by atoms with van der Waals surface area (Å²) < 4.78 is 18.1. The van der Waals surface area contributed by atoms with Gasteiger partial charge in [0, 0.05) is 23.6 Å². The molecule has 7 heteroatoms. The van der Waals surface area contributed by atoms with Crippen molar-refractivity contribution in [3.63, 3.8) is 0 Å². The van der Waals surface area contributed by atoms with Crippen molar-refractivity contribution < 1.29 is 23.8 Å². The predicted molar refractivity (Wildman–Crippen MR) is 103 cm³/mol. The largest absolute Gasteiger partial charge is 0.496 e. The number of thioether (sulfide) groups is 1. The first-order valence-corrected chi connectivity index (χ1v) is 9.48. The predicted octanol–water partition coefficient (Wildman–Crippen LogP) is 3.38. The Kier molecular flexibility index (Phi) is 8.13. The summed E-state index contributed by atoms with van der Waals surface area (Å²) in [7, 11) is 1.54. The Morgan fingerprint density at radius 1 is 1.19 bits per heavy atom. The average Bonchev–Trinajstić information content (AvgIpc) is 2.66. The van der Waals surface area contributed by atoms with Gasteiger partial charge in [0.2, 0.25) is 5.91 Å². The maximum Gasteiger partial charge on any atom is 0.308 e. The van der Waals surface area contributed by atoms with Crippen molar-refractivity contribution in [2.75, 3.05) is 19.4 Å². The van der Waals surface area contributed by atoms with Crippen molar-refractivity contribution in [2.45, 2.75) is 17.7 Å². The third-order valence-corrected chi connectivity index (χ3v) is 4.98. The number of benzene rings is 2. The lowest BCUT2D eigenvalue weighted by Gasteiger charge is -2.15. The molecule has 2 N–H and O–H groups in total. The van der Waals surface area contributed by atoms with Crippen LogP contribution in [0.25, 0.3) is 0 Å². The van der Waals surface area contributed by atoms with Gasteiger partial charge in [-0.25, -0.2) is 4.39 Å². The van der Waals surface area contributed by atoms with Crippen LogP contribution in [0.5, 0.6) is 5.75 Å². The molecule has 0 aliphatic carbocycles. The minimum absolute atomic E-state index is 0.0490. The maximum absolute atomic E-state index is 12.9. The van der Waals surface area contributed by atoms with Crippen LogP contribution in [0.4, 0.5) is 4.39 Å². The zero-order valence-electron chi connectivity index (χ0n) is 15.0. The summed E-state index contributed by atoms with van der Waals surface area (Å²) in [5.74, 6) is -1.06. The van der Waals surface area contributed by atoms with E-state index in [-0.39, 0.29) is 31.1 Å². The standard InChI is InChI=1S/C20H22FNO4S/c1-26-18-5-3-2-4-14(18)12-15(20(24)25)13-22-19(23)10-11-27-17-8-6-16(21)7-9-17/h2-9,15H,10-13H2,1H3,(H,22,23)(H,24,25). The molecule has 5 nitrogen and oxygen atoms in total. The van der Waals surface area contributed by atoms with Gasteiger partial charge in [-0.05, 0) is 42.3 Å². The molecule has 0 saturated heterocycles. The molecule has 1 amide bonds. The van der Waals surface area contributed by atoms with Crippen molar-refractivity contribution in [2.24, 2.45) is 5.92 Å². The van der Waals surface area contributed by atoms with Gasteiger partial charge in [0.1, 0.15) is 11.6 Å². The second-order valence-electron chi connectivity index (χ2n) is 5.91. The summed E-state index contributed by atoms with van der Waals surface area (Å²) in [6.45, 7) is 0.0490. The zero-order chi connectivity index (χ0) is 19.6. The van der Waals surface area contributed by atoms with Crippen LogP contribution in [0.15, 0.2) is 53.4 Å². The molecule has 0 aliphatic heterocycles. The van der Waals surface area contributed by atoms with Crippen LogP contribution < -0.4 is 10.1 Å². The van der Waals surface area contributed by atoms with Crippen LogP contribution in [0.3, 0.4) is 0 Å². The highest BCUT2D eigenvalue weighted by atomic mass is 32.2. The smallest absolute Gasteiger partial charge is 0.308 e. The van der Waals surface area contributed by atoms with Gasteiger partial charge in [-0.2, -0.15) is 0 Å². The number of carbonyl (C=O) groups is 2. The molecule has 27 heavy (non-hydrogen) atoms. The van der Waals surface area contributed by atoms with Crippen molar-refractivity contribution >= 4 is 23.6 Å². The van der Waals surface area contributed by atoms with Gasteiger partial charge in [0.05, 0.1) is 13.0 Å². The molecule has 0 heterocycles. The molecule has 2 aromatic rings. The van der Waals surface area contributed by atoms with Crippen molar-refractivity contribution in [1.29, 1.82) is 0 Å². The molecule has 0 saturated carbocycles. The number of halogens is 1. The Balaban J connectivity index is 1.80. The number of hydrogen-bond donors (Lipinski definition) is 2. The quantitative estimate of drug-likeness (QED) is 0.608. The lowest BCUT2D eigenvalue weighted by Crippen LogP contribution is -2.34. The van der Waals surface area contributed by atoms with Crippen LogP contribution in [0, 0.1) is 11.7 Å². The second kappa shape index (κ2) is 10.6. The van der Waals surface area contributed by atoms with Crippen molar-refractivity contribution in [3.8, 4) is 5.75 Å². The molecule has 1 unspecified atom stereocenters. The van der Waals surface area contributed by atoms with Crippen LogP contribution in [0.1, 0.15) is 12.0 Å². The molecule has 2 aromatic carbocycles. The summed E-state index contributed by atoms with van der Waals surface area (Å²) in [6, 6.07) is 13.3. The molecule has 0 aliphatic rings. The van der Waals surface area contributed by atoms with Crippen molar-refractivity contribution in [1.82, 2.24) is 5.32 Å². The highest BCUT2D eigenvalue weighted by Crippen LogP contribution is 2.21. The molecular formula is C20H22FNO4S. The molecule has 0 bridgehead atoms. The van der Waals surface area contributed by atoms with Crippen molar-refractivity contribution in [3.05, 3.63) is 59.9 Å². The van der Waals surface area contributed by atoms with Gasteiger partial charge in [0.25, 0.3) is 0 Å². The third kappa shape index (κ3) is 6.94. The van der Waals surface area contributed by atoms with Gasteiger partial charge in [-0.15, -0.1) is 11.8 Å². The highest BCUT2D eigenvalue weighted by Gasteiger charge is 2.20. The first kappa shape index (κ1) is 20.8. The van der Waals surface area contributed by atoms with E-state index in [2.05, 4.69) is 5.32 Å². The van der Waals surface area contributed by atoms with E-state index in [1.54, 1.807) is 18.2 Å². The number of carboxylic acid groups (broad SMARTS) is 1. The number of methoxy groups -OCH3 is 1. The Morgan fingerprint density at radius 3 is 2.56 bits per heavy atom. The number of rotatable bonds is 10. The third-order valence-electron chi connectivity index (χ3n) is 3.97. The molecule has 0 radical (unpaired) electrons. The lowest BCUT2D eigenvalue weighted by molar-refractivity contribution is -0.141. The number of carbonyl (C=O) groups excluding carboxylic acids is 1. The molecule has 0 aromatic heterocycles. The van der Waals surface area contributed by atoms with Crippen LogP contribution >= 0.6 is 11.8 Å². The van der Waals surface area contributed by atoms with Crippen LogP contribution in [0.2, 0.25) is 0 Å². The second-order valence-corrected chi connectivity index (χ2v) is 7.08. The van der Waals surface area contributed by atoms with Gasteiger partial charge in [0.15, 0.2) is 0 Å². The fourth-order valence-electron chi connectivity index (χ4n) is 2.50. The molecule has 1 atom stereocenters. The number of carboxylic acids is 1. The summed E-state index contributed by atoms with van der Waals surface area (Å²) in [4.78, 5) is 24.4. The SMILES string of the molecule is COc1ccccc1CC(CNC(=O)CCSc1ccc(F)cc1)C(=O)O. The van der Waals surface area contributed by atoms with Gasteiger partial charge in [-0.1, -0.05) is 18.2 Å². The first-order chi connectivity index (χ1) is 13.0. The lowest BCUT2D eigenvalue weighted by atomic mass is 9.98. The summed E-state index contributed by atoms with van der Waals surface area (Å²) in [6.07, 6.45) is 0.521. The van der Waals surface area contributed by atoms with Gasteiger partial charge in [-0.3, -0.25) is 9.59 Å². The highest BCUT2D eigenvalue weighted by molar-refractivity contribution is 7.99. The average molecular weight is 391 g/mol. The maximum atomic E-state index is 12.9. The Labute approximate surface area is 161 Å². The topological polar surface area (TPSA) is 75.6 Å². The summed E-state index contributed by atoms with van der Waals surface area (Å²) in [5, 5.41) is 12.1. The van der Waals surface area contributed by atoms with Gasteiger partial charge < -0.3 is 15.2 Å². The fraction of sp³-hybridized carbons (Fsp3) is 0.300. The van der Waals surface area contributed by atoms with E-state index in [0.717, 1.165) is 10.5 Å². The van der Waals surface area contributed by atoms with E-state index >= 15 is 0 Å². The minimum Gasteiger partial charge on any atom is -0.496 e. The van der Waals surface area contributed by atoms with E-state index < -0.39 is 11.9 Å². The normalized spacial score (nSPS) is 11.6. The number of hydrogen-bond acceptors (Lipinski definition) is 4. The number of para-hydroxylation sites is 1. The number of ether oxygens (including phenoxy) is 1. The van der Waals surface area contributed by atoms with E-state index in [0.29, 0.717) is 11.5 Å². The van der Waals surface area contributed by atoms with Gasteiger partial charge >= 0.3 is 5.97 Å². The molecule has 2 rings (SSSR count). The number of aliphatic carboxylic acids is 1. The van der Waals surface area contributed by atoms with E-state index in [4.69, 9.17) is 4.74 Å². The summed E-state index contributed by atoms with van der Waals surface area (Å²) in [5.41, 5.74) is 0.786. The zero-order valence-corrected chi connectivity index (χ0v) is 15.8. The first-order valence-electron chi connectivity index (χ1n) is 8.49. The van der Waals surface area contributed by atoms with E-state index in [9.17, 15) is 19.1 Å². The molecule has 144 valence electrons. The Bertz CT molecular complexity index is 767. The molecular weight excluding hydrogens is 369 g/mol. The molecule has 0 spiro atoms. The molecule has 0 fully saturated rings. The number of nitrogens with one attached hydrogen (secondary N) is 1. The van der Waals surface area contributed by atoms with E-state index in [1.165, 1.54) is 31.0 Å². The summed E-state index contributed by atoms with van der Waals surface area (Å²) >= 11 is 1.45. The van der Waals surface area contributed by atoms with Crippen LogP contribution in [-0.2, 0) is 16.0 Å². The monoisotopic (exact) mass is 391 g/mol. The van der Waals surface area contributed by atoms with E-state index in [1.807, 2.05) is 18.2 Å².